The van der Waals surface area contributed by atoms with Crippen LogP contribution in [-0.2, 0) is 35.3 Å². The Balaban J connectivity index is 3.00. The van der Waals surface area contributed by atoms with Crippen LogP contribution in [0.25, 0.3) is 0 Å². The number of benzene rings is 1. The van der Waals surface area contributed by atoms with E-state index in [0.717, 1.165) is 5.56 Å². The standard InChI is InChI=1S/C28H43N3O7/c1-18(2)13-21(16-32)29-25(34)23(15-24(33)38-28(5,6)7)30-26(35)22(14-19(3)4)31-27(36)37-17-20-11-9-8-10-12-20/h8-12,16,18-19,21-23H,13-15,17H2,1-7H3,(H,29,34)(H,30,35)(H,31,36). The van der Waals surface area contributed by atoms with Gasteiger partial charge in [0.15, 0.2) is 0 Å². The van der Waals surface area contributed by atoms with Crippen molar-refractivity contribution in [2.75, 3.05) is 0 Å². The number of rotatable bonds is 14. The Morgan fingerprint density at radius 2 is 1.42 bits per heavy atom. The van der Waals surface area contributed by atoms with Gasteiger partial charge < -0.3 is 30.2 Å². The summed E-state index contributed by atoms with van der Waals surface area (Å²) < 4.78 is 10.6. The van der Waals surface area contributed by atoms with Gasteiger partial charge in [0.05, 0.1) is 12.5 Å². The van der Waals surface area contributed by atoms with Gasteiger partial charge in [0, 0.05) is 0 Å². The summed E-state index contributed by atoms with van der Waals surface area (Å²) in [6.45, 7) is 12.7. The Kier molecular flexibility index (Phi) is 13.5. The van der Waals surface area contributed by atoms with E-state index in [9.17, 15) is 24.0 Å². The zero-order chi connectivity index (χ0) is 28.9. The lowest BCUT2D eigenvalue weighted by Gasteiger charge is -2.26. The lowest BCUT2D eigenvalue weighted by Crippen LogP contribution is -2.56. The SMILES string of the molecule is CC(C)CC(C=O)NC(=O)C(CC(=O)OC(C)(C)C)NC(=O)C(CC(C)C)NC(=O)OCc1ccccc1. The average Bonchev–Trinajstić information content (AvgIpc) is 2.80. The molecule has 10 nitrogen and oxygen atoms in total. The molecule has 0 fully saturated rings. The molecule has 1 rings (SSSR count). The van der Waals surface area contributed by atoms with E-state index in [1.807, 2.05) is 45.9 Å². The summed E-state index contributed by atoms with van der Waals surface area (Å²) in [7, 11) is 0. The zero-order valence-electron chi connectivity index (χ0n) is 23.5. The van der Waals surface area contributed by atoms with Gasteiger partial charge in [-0.15, -0.1) is 0 Å². The van der Waals surface area contributed by atoms with Crippen LogP contribution in [-0.4, -0.2) is 53.9 Å². The second-order valence-electron chi connectivity index (χ2n) is 11.1. The van der Waals surface area contributed by atoms with Gasteiger partial charge in [0.25, 0.3) is 0 Å². The van der Waals surface area contributed by atoms with E-state index >= 15 is 0 Å². The molecule has 3 atom stereocenters. The lowest BCUT2D eigenvalue weighted by molar-refractivity contribution is -0.156. The largest absolute Gasteiger partial charge is 0.460 e. The molecule has 0 saturated heterocycles. The Bertz CT molecular complexity index is 926. The van der Waals surface area contributed by atoms with Crippen molar-refractivity contribution >= 4 is 30.2 Å². The number of esters is 1. The summed E-state index contributed by atoms with van der Waals surface area (Å²) in [6, 6.07) is 5.97. The van der Waals surface area contributed by atoms with Crippen LogP contribution in [0.15, 0.2) is 30.3 Å². The van der Waals surface area contributed by atoms with Gasteiger partial charge in [-0.2, -0.15) is 0 Å². The van der Waals surface area contributed by atoms with Crippen molar-refractivity contribution in [1.82, 2.24) is 16.0 Å². The minimum Gasteiger partial charge on any atom is -0.460 e. The molecule has 0 aliphatic heterocycles. The van der Waals surface area contributed by atoms with E-state index in [1.165, 1.54) is 0 Å². The molecule has 0 aliphatic rings. The molecule has 3 N–H and O–H groups in total. The minimum atomic E-state index is -1.32. The molecular formula is C28H43N3O7. The quantitative estimate of drug-likeness (QED) is 0.246. The highest BCUT2D eigenvalue weighted by molar-refractivity contribution is 5.94. The average molecular weight is 534 g/mol. The van der Waals surface area contributed by atoms with E-state index < -0.39 is 54.0 Å². The second-order valence-corrected chi connectivity index (χ2v) is 11.1. The van der Waals surface area contributed by atoms with Crippen LogP contribution in [0, 0.1) is 11.8 Å². The molecule has 10 heteroatoms. The van der Waals surface area contributed by atoms with Crippen LogP contribution >= 0.6 is 0 Å². The molecule has 0 aliphatic carbocycles. The van der Waals surface area contributed by atoms with Crippen molar-refractivity contribution < 1.29 is 33.4 Å². The van der Waals surface area contributed by atoms with Crippen molar-refractivity contribution in [2.45, 2.75) is 98.1 Å². The highest BCUT2D eigenvalue weighted by Gasteiger charge is 2.31. The predicted octanol–water partition coefficient (Wildman–Crippen LogP) is 3.27. The Morgan fingerprint density at radius 3 is 1.95 bits per heavy atom. The maximum Gasteiger partial charge on any atom is 0.408 e. The van der Waals surface area contributed by atoms with Crippen LogP contribution in [0.4, 0.5) is 4.79 Å². The fourth-order valence-electron chi connectivity index (χ4n) is 3.58. The third-order valence-corrected chi connectivity index (χ3v) is 5.17. The fourth-order valence-corrected chi connectivity index (χ4v) is 3.58. The number of alkyl carbamates (subject to hydrolysis) is 1. The van der Waals surface area contributed by atoms with Gasteiger partial charge >= 0.3 is 12.1 Å². The maximum absolute atomic E-state index is 13.2. The first kappa shape index (κ1) is 32.6. The summed E-state index contributed by atoms with van der Waals surface area (Å²) in [6.07, 6.45) is 0.0380. The lowest BCUT2D eigenvalue weighted by atomic mass is 10.0. The third-order valence-electron chi connectivity index (χ3n) is 5.17. The van der Waals surface area contributed by atoms with Crippen molar-refractivity contribution in [1.29, 1.82) is 0 Å². The molecule has 1 aromatic rings. The smallest absolute Gasteiger partial charge is 0.408 e. The molecular weight excluding hydrogens is 490 g/mol. The van der Waals surface area contributed by atoms with Crippen LogP contribution in [0.1, 0.15) is 73.3 Å². The van der Waals surface area contributed by atoms with Gasteiger partial charge in [-0.1, -0.05) is 58.0 Å². The minimum absolute atomic E-state index is 0.0174. The predicted molar refractivity (Wildman–Crippen MR) is 143 cm³/mol. The highest BCUT2D eigenvalue weighted by Crippen LogP contribution is 2.12. The number of aldehydes is 1. The molecule has 0 heterocycles. The van der Waals surface area contributed by atoms with Crippen LogP contribution in [0.3, 0.4) is 0 Å². The summed E-state index contributed by atoms with van der Waals surface area (Å²) in [4.78, 5) is 62.7. The Hall–Kier alpha value is -3.43. The van der Waals surface area contributed by atoms with Crippen LogP contribution < -0.4 is 16.0 Å². The van der Waals surface area contributed by atoms with Crippen molar-refractivity contribution in [3.8, 4) is 0 Å². The Morgan fingerprint density at radius 1 is 0.842 bits per heavy atom. The monoisotopic (exact) mass is 533 g/mol. The molecule has 0 aromatic heterocycles. The molecule has 0 spiro atoms. The van der Waals surface area contributed by atoms with E-state index in [-0.39, 0.29) is 24.9 Å². The van der Waals surface area contributed by atoms with E-state index in [2.05, 4.69) is 16.0 Å². The number of hydrogen-bond donors (Lipinski definition) is 3. The first-order valence-electron chi connectivity index (χ1n) is 12.9. The van der Waals surface area contributed by atoms with E-state index in [4.69, 9.17) is 9.47 Å². The van der Waals surface area contributed by atoms with Crippen molar-refractivity contribution in [3.63, 3.8) is 0 Å². The summed E-state index contributed by atoms with van der Waals surface area (Å²) in [5, 5.41) is 7.71. The van der Waals surface area contributed by atoms with Gasteiger partial charge in [0.2, 0.25) is 11.8 Å². The van der Waals surface area contributed by atoms with Crippen molar-refractivity contribution in [2.24, 2.45) is 11.8 Å². The van der Waals surface area contributed by atoms with Crippen molar-refractivity contribution in [3.05, 3.63) is 35.9 Å². The number of carbonyl (C=O) groups excluding carboxylic acids is 5. The van der Waals surface area contributed by atoms with Gasteiger partial charge in [0.1, 0.15) is 30.6 Å². The molecule has 3 unspecified atom stereocenters. The molecule has 38 heavy (non-hydrogen) atoms. The molecule has 0 radical (unpaired) electrons. The van der Waals surface area contributed by atoms with Gasteiger partial charge in [-0.25, -0.2) is 4.79 Å². The Labute approximate surface area is 225 Å². The van der Waals surface area contributed by atoms with Crippen LogP contribution in [0.5, 0.6) is 0 Å². The highest BCUT2D eigenvalue weighted by atomic mass is 16.6. The van der Waals surface area contributed by atoms with Crippen LogP contribution in [0.2, 0.25) is 0 Å². The number of nitrogens with one attached hydrogen (secondary N) is 3. The van der Waals surface area contributed by atoms with E-state index in [1.54, 1.807) is 32.9 Å². The third kappa shape index (κ3) is 13.8. The van der Waals surface area contributed by atoms with Gasteiger partial charge in [-0.3, -0.25) is 14.4 Å². The molecule has 0 bridgehead atoms. The molecule has 1 aromatic carbocycles. The normalized spacial score (nSPS) is 13.7. The molecule has 3 amide bonds. The van der Waals surface area contributed by atoms with Gasteiger partial charge in [-0.05, 0) is 51.0 Å². The number of carbonyl (C=O) groups is 5. The first-order valence-corrected chi connectivity index (χ1v) is 12.9. The topological polar surface area (TPSA) is 140 Å². The summed E-state index contributed by atoms with van der Waals surface area (Å²) in [5.74, 6) is -1.91. The summed E-state index contributed by atoms with van der Waals surface area (Å²) in [5.41, 5.74) is -0.0114. The molecule has 0 saturated carbocycles. The van der Waals surface area contributed by atoms with E-state index in [0.29, 0.717) is 12.7 Å². The molecule has 212 valence electrons. The number of hydrogen-bond acceptors (Lipinski definition) is 7. The fraction of sp³-hybridized carbons (Fsp3) is 0.607. The zero-order valence-corrected chi connectivity index (χ0v) is 23.5. The second kappa shape index (κ2) is 15.7. The summed E-state index contributed by atoms with van der Waals surface area (Å²) >= 11 is 0. The number of amides is 3. The first-order chi connectivity index (χ1) is 17.7. The maximum atomic E-state index is 13.2. The number of ether oxygens (including phenoxy) is 2.